The second kappa shape index (κ2) is 8.33. The Morgan fingerprint density at radius 2 is 1.62 bits per heavy atom. The highest BCUT2D eigenvalue weighted by Gasteiger charge is 2.27. The number of likely N-dealkylation sites (tertiary alicyclic amines) is 1. The fourth-order valence-electron chi connectivity index (χ4n) is 2.62. The van der Waals surface area contributed by atoms with Crippen molar-refractivity contribution >= 4 is 29.3 Å². The molecular weight excluding hydrogens is 310 g/mol. The Morgan fingerprint density at radius 3 is 2.12 bits per heavy atom. The third-order valence-corrected chi connectivity index (χ3v) is 3.86. The molecule has 0 atom stereocenters. The van der Waals surface area contributed by atoms with E-state index in [0.717, 1.165) is 0 Å². The van der Waals surface area contributed by atoms with Gasteiger partial charge >= 0.3 is 6.09 Å². The van der Waals surface area contributed by atoms with Crippen LogP contribution >= 0.6 is 0 Å². The monoisotopic (exact) mass is 333 g/mol. The molecule has 7 nitrogen and oxygen atoms in total. The molecule has 3 amide bonds. The molecule has 130 valence electrons. The van der Waals surface area contributed by atoms with E-state index in [1.54, 1.807) is 36.1 Å². The zero-order valence-electron chi connectivity index (χ0n) is 14.0. The van der Waals surface area contributed by atoms with E-state index < -0.39 is 0 Å². The van der Waals surface area contributed by atoms with Gasteiger partial charge in [-0.25, -0.2) is 4.79 Å². The molecule has 2 rings (SSSR count). The lowest BCUT2D eigenvalue weighted by molar-refractivity contribution is -0.121. The first-order chi connectivity index (χ1) is 11.5. The molecule has 0 aromatic heterocycles. The lowest BCUT2D eigenvalue weighted by Gasteiger charge is -2.30. The van der Waals surface area contributed by atoms with Crippen LogP contribution in [0, 0.1) is 5.92 Å². The largest absolute Gasteiger partial charge is 0.450 e. The van der Waals surface area contributed by atoms with Crippen molar-refractivity contribution in [2.24, 2.45) is 5.92 Å². The summed E-state index contributed by atoms with van der Waals surface area (Å²) in [4.78, 5) is 36.6. The number of nitrogens with zero attached hydrogens (tertiary/aromatic N) is 1. The van der Waals surface area contributed by atoms with E-state index in [0.29, 0.717) is 43.9 Å². The van der Waals surface area contributed by atoms with Gasteiger partial charge in [0.1, 0.15) is 0 Å². The van der Waals surface area contributed by atoms with Crippen LogP contribution in [0.1, 0.15) is 26.7 Å². The molecule has 1 aromatic rings. The highest BCUT2D eigenvalue weighted by Crippen LogP contribution is 2.21. The van der Waals surface area contributed by atoms with Crippen LogP contribution in [0.25, 0.3) is 0 Å². The standard InChI is InChI=1S/C17H23N3O4/c1-3-24-17(23)20-10-8-13(9-11-20)16(22)19-15-6-4-14(5-7-15)18-12(2)21/h4-7,13H,3,8-11H2,1-2H3,(H,18,21)(H,19,22). The lowest BCUT2D eigenvalue weighted by Crippen LogP contribution is -2.41. The number of hydrogen-bond donors (Lipinski definition) is 2. The molecule has 1 saturated heterocycles. The fraction of sp³-hybridized carbons (Fsp3) is 0.471. The summed E-state index contributed by atoms with van der Waals surface area (Å²) in [6.45, 7) is 4.62. The molecule has 2 N–H and O–H groups in total. The Kier molecular flexibility index (Phi) is 6.17. The van der Waals surface area contributed by atoms with Crippen molar-refractivity contribution in [3.63, 3.8) is 0 Å². The molecule has 1 aliphatic rings. The van der Waals surface area contributed by atoms with Crippen molar-refractivity contribution in [1.29, 1.82) is 0 Å². The third-order valence-electron chi connectivity index (χ3n) is 3.86. The minimum absolute atomic E-state index is 0.0502. The number of ether oxygens (including phenoxy) is 1. The normalized spacial score (nSPS) is 14.8. The second-order valence-electron chi connectivity index (χ2n) is 5.71. The first-order valence-electron chi connectivity index (χ1n) is 8.09. The number of hydrogen-bond acceptors (Lipinski definition) is 4. The zero-order chi connectivity index (χ0) is 17.5. The summed E-state index contributed by atoms with van der Waals surface area (Å²) in [7, 11) is 0. The summed E-state index contributed by atoms with van der Waals surface area (Å²) < 4.78 is 4.97. The van der Waals surface area contributed by atoms with Crippen LogP contribution in [-0.4, -0.2) is 42.5 Å². The predicted octanol–water partition coefficient (Wildman–Crippen LogP) is 2.45. The van der Waals surface area contributed by atoms with Crippen LogP contribution in [0.4, 0.5) is 16.2 Å². The number of carbonyl (C=O) groups excluding carboxylic acids is 3. The van der Waals surface area contributed by atoms with Crippen LogP contribution in [0.15, 0.2) is 24.3 Å². The molecule has 1 aromatic carbocycles. The Bertz CT molecular complexity index is 592. The summed E-state index contributed by atoms with van der Waals surface area (Å²) in [5.41, 5.74) is 1.37. The van der Waals surface area contributed by atoms with Gasteiger partial charge in [-0.15, -0.1) is 0 Å². The van der Waals surface area contributed by atoms with Crippen molar-refractivity contribution < 1.29 is 19.1 Å². The quantitative estimate of drug-likeness (QED) is 0.886. The maximum atomic E-state index is 12.3. The number of carbonyl (C=O) groups is 3. The van der Waals surface area contributed by atoms with E-state index in [2.05, 4.69) is 10.6 Å². The van der Waals surface area contributed by atoms with Gasteiger partial charge in [0, 0.05) is 37.3 Å². The maximum Gasteiger partial charge on any atom is 0.409 e. The van der Waals surface area contributed by atoms with Crippen LogP contribution in [0.5, 0.6) is 0 Å². The maximum absolute atomic E-state index is 12.3. The number of piperidine rings is 1. The van der Waals surface area contributed by atoms with E-state index in [9.17, 15) is 14.4 Å². The SMILES string of the molecule is CCOC(=O)N1CCC(C(=O)Nc2ccc(NC(C)=O)cc2)CC1. The highest BCUT2D eigenvalue weighted by molar-refractivity contribution is 5.93. The average Bonchev–Trinajstić information content (AvgIpc) is 2.56. The number of amides is 3. The van der Waals surface area contributed by atoms with Gasteiger partial charge in [0.25, 0.3) is 0 Å². The number of nitrogens with one attached hydrogen (secondary N) is 2. The molecule has 1 fully saturated rings. The first kappa shape index (κ1) is 17.8. The van der Waals surface area contributed by atoms with Crippen molar-refractivity contribution in [2.45, 2.75) is 26.7 Å². The van der Waals surface area contributed by atoms with Crippen molar-refractivity contribution in [3.05, 3.63) is 24.3 Å². The summed E-state index contributed by atoms with van der Waals surface area (Å²) in [5, 5.41) is 5.55. The van der Waals surface area contributed by atoms with E-state index in [1.165, 1.54) is 6.92 Å². The fourth-order valence-corrected chi connectivity index (χ4v) is 2.62. The van der Waals surface area contributed by atoms with Crippen LogP contribution in [-0.2, 0) is 14.3 Å². The number of rotatable bonds is 4. The summed E-state index contributed by atoms with van der Waals surface area (Å²) in [5.74, 6) is -0.309. The average molecular weight is 333 g/mol. The van der Waals surface area contributed by atoms with E-state index in [4.69, 9.17) is 4.74 Å². The van der Waals surface area contributed by atoms with E-state index in [-0.39, 0.29) is 23.8 Å². The van der Waals surface area contributed by atoms with E-state index >= 15 is 0 Å². The number of anilines is 2. The van der Waals surface area contributed by atoms with Gasteiger partial charge in [-0.05, 0) is 44.0 Å². The van der Waals surface area contributed by atoms with E-state index in [1.807, 2.05) is 0 Å². The Morgan fingerprint density at radius 1 is 1.08 bits per heavy atom. The minimum Gasteiger partial charge on any atom is -0.450 e. The van der Waals surface area contributed by atoms with Crippen molar-refractivity contribution in [2.75, 3.05) is 30.3 Å². The summed E-state index contributed by atoms with van der Waals surface area (Å²) in [6.07, 6.45) is 0.924. The van der Waals surface area contributed by atoms with Gasteiger partial charge in [0.15, 0.2) is 0 Å². The van der Waals surface area contributed by atoms with Gasteiger partial charge in [-0.3, -0.25) is 9.59 Å². The van der Waals surface area contributed by atoms with Gasteiger partial charge in [-0.2, -0.15) is 0 Å². The van der Waals surface area contributed by atoms with Gasteiger partial charge < -0.3 is 20.3 Å². The molecule has 1 heterocycles. The summed E-state index contributed by atoms with van der Waals surface area (Å²) in [6, 6.07) is 6.97. The molecule has 0 saturated carbocycles. The van der Waals surface area contributed by atoms with Crippen molar-refractivity contribution in [1.82, 2.24) is 4.90 Å². The molecular formula is C17H23N3O4. The molecule has 0 spiro atoms. The molecule has 1 aliphatic heterocycles. The van der Waals surface area contributed by atoms with Crippen LogP contribution < -0.4 is 10.6 Å². The summed E-state index contributed by atoms with van der Waals surface area (Å²) >= 11 is 0. The molecule has 24 heavy (non-hydrogen) atoms. The minimum atomic E-state index is -0.315. The lowest BCUT2D eigenvalue weighted by atomic mass is 9.96. The number of benzene rings is 1. The molecule has 0 bridgehead atoms. The third kappa shape index (κ3) is 4.97. The molecule has 0 unspecified atom stereocenters. The molecule has 0 aliphatic carbocycles. The smallest absolute Gasteiger partial charge is 0.409 e. The Balaban J connectivity index is 1.83. The van der Waals surface area contributed by atoms with Crippen LogP contribution in [0.2, 0.25) is 0 Å². The van der Waals surface area contributed by atoms with Gasteiger partial charge in [-0.1, -0.05) is 0 Å². The second-order valence-corrected chi connectivity index (χ2v) is 5.71. The topological polar surface area (TPSA) is 87.7 Å². The first-order valence-corrected chi connectivity index (χ1v) is 8.09. The van der Waals surface area contributed by atoms with Crippen molar-refractivity contribution in [3.8, 4) is 0 Å². The molecule has 7 heteroatoms. The van der Waals surface area contributed by atoms with Crippen LogP contribution in [0.3, 0.4) is 0 Å². The highest BCUT2D eigenvalue weighted by atomic mass is 16.6. The van der Waals surface area contributed by atoms with Gasteiger partial charge in [0.05, 0.1) is 6.61 Å². The Labute approximate surface area is 141 Å². The Hall–Kier alpha value is -2.57. The molecule has 0 radical (unpaired) electrons. The predicted molar refractivity (Wildman–Crippen MR) is 90.7 cm³/mol. The van der Waals surface area contributed by atoms with Gasteiger partial charge in [0.2, 0.25) is 11.8 Å². The zero-order valence-corrected chi connectivity index (χ0v) is 14.0.